The van der Waals surface area contributed by atoms with Crippen LogP contribution >= 0.6 is 0 Å². The van der Waals surface area contributed by atoms with E-state index in [-0.39, 0.29) is 12.1 Å². The van der Waals surface area contributed by atoms with Crippen LogP contribution in [-0.2, 0) is 4.74 Å². The first-order valence-corrected chi connectivity index (χ1v) is 7.10. The van der Waals surface area contributed by atoms with Crippen LogP contribution in [0.3, 0.4) is 0 Å². The van der Waals surface area contributed by atoms with Crippen molar-refractivity contribution < 1.29 is 9.53 Å². The second-order valence-electron chi connectivity index (χ2n) is 5.22. The van der Waals surface area contributed by atoms with E-state index in [0.717, 1.165) is 12.1 Å². The number of nitrogens with one attached hydrogen (secondary N) is 1. The zero-order valence-corrected chi connectivity index (χ0v) is 12.4. The molecule has 1 aromatic carbocycles. The van der Waals surface area contributed by atoms with Gasteiger partial charge in [0.2, 0.25) is 0 Å². The molecule has 1 aromatic rings. The summed E-state index contributed by atoms with van der Waals surface area (Å²) in [7, 11) is 0. The number of benzene rings is 1. The van der Waals surface area contributed by atoms with Gasteiger partial charge in [0.25, 0.3) is 0 Å². The molecule has 0 aliphatic carbocycles. The van der Waals surface area contributed by atoms with E-state index in [1.807, 2.05) is 26.0 Å². The lowest BCUT2D eigenvalue weighted by Crippen LogP contribution is -2.15. The van der Waals surface area contributed by atoms with Crippen LogP contribution in [0.1, 0.15) is 57.3 Å². The zero-order chi connectivity index (χ0) is 14.3. The minimum absolute atomic E-state index is 0.0839. The predicted molar refractivity (Wildman–Crippen MR) is 79.6 cm³/mol. The molecule has 3 nitrogen and oxygen atoms in total. The van der Waals surface area contributed by atoms with Crippen molar-refractivity contribution >= 4 is 11.7 Å². The Hall–Kier alpha value is -1.51. The number of anilines is 1. The summed E-state index contributed by atoms with van der Waals surface area (Å²) in [6.45, 7) is 8.07. The lowest BCUT2D eigenvalue weighted by atomic mass is 10.1. The van der Waals surface area contributed by atoms with Crippen LogP contribution in [-0.4, -0.2) is 18.1 Å². The number of esters is 1. The Labute approximate surface area is 116 Å². The molecule has 1 unspecified atom stereocenters. The first-order valence-electron chi connectivity index (χ1n) is 7.10. The van der Waals surface area contributed by atoms with Crippen LogP contribution < -0.4 is 5.32 Å². The van der Waals surface area contributed by atoms with Crippen molar-refractivity contribution in [2.75, 3.05) is 5.32 Å². The minimum atomic E-state index is -0.263. The molecular formula is C16H25NO2. The van der Waals surface area contributed by atoms with Crippen LogP contribution in [0.15, 0.2) is 24.3 Å². The number of rotatable bonds is 7. The fourth-order valence-corrected chi connectivity index (χ4v) is 1.85. The molecule has 1 rings (SSSR count). The summed E-state index contributed by atoms with van der Waals surface area (Å²) in [6, 6.07) is 7.92. The Morgan fingerprint density at radius 2 is 1.84 bits per heavy atom. The van der Waals surface area contributed by atoms with Crippen LogP contribution in [0.4, 0.5) is 5.69 Å². The van der Waals surface area contributed by atoms with Crippen molar-refractivity contribution in [3.05, 3.63) is 29.8 Å². The predicted octanol–water partition coefficient (Wildman–Crippen LogP) is 4.24. The second-order valence-corrected chi connectivity index (χ2v) is 5.22. The molecule has 106 valence electrons. The van der Waals surface area contributed by atoms with E-state index in [1.54, 1.807) is 12.1 Å². The largest absolute Gasteiger partial charge is 0.459 e. The highest BCUT2D eigenvalue weighted by Crippen LogP contribution is 2.14. The summed E-state index contributed by atoms with van der Waals surface area (Å²) in [5.41, 5.74) is 1.64. The molecular weight excluding hydrogens is 238 g/mol. The molecule has 19 heavy (non-hydrogen) atoms. The first kappa shape index (κ1) is 15.5. The molecule has 0 fully saturated rings. The van der Waals surface area contributed by atoms with Gasteiger partial charge in [0, 0.05) is 11.7 Å². The van der Waals surface area contributed by atoms with Crippen molar-refractivity contribution in [2.24, 2.45) is 0 Å². The third-order valence-corrected chi connectivity index (χ3v) is 2.87. The smallest absolute Gasteiger partial charge is 0.338 e. The van der Waals surface area contributed by atoms with Crippen LogP contribution in [0.25, 0.3) is 0 Å². The molecule has 0 aromatic heterocycles. The molecule has 0 aliphatic rings. The number of hydrogen-bond donors (Lipinski definition) is 1. The van der Waals surface area contributed by atoms with Gasteiger partial charge in [0.1, 0.15) is 0 Å². The SMILES string of the molecule is CCCCC(C)Nc1ccc(C(=O)OC(C)C)cc1. The fraction of sp³-hybridized carbons (Fsp3) is 0.562. The van der Waals surface area contributed by atoms with E-state index < -0.39 is 0 Å². The second kappa shape index (κ2) is 7.82. The summed E-state index contributed by atoms with van der Waals surface area (Å²) in [5, 5.41) is 3.43. The molecule has 0 aliphatic heterocycles. The molecule has 1 N–H and O–H groups in total. The summed E-state index contributed by atoms with van der Waals surface area (Å²) >= 11 is 0. The quantitative estimate of drug-likeness (QED) is 0.748. The Morgan fingerprint density at radius 3 is 2.37 bits per heavy atom. The minimum Gasteiger partial charge on any atom is -0.459 e. The number of carbonyl (C=O) groups excluding carboxylic acids is 1. The van der Waals surface area contributed by atoms with Crippen molar-refractivity contribution in [1.29, 1.82) is 0 Å². The maximum atomic E-state index is 11.7. The van der Waals surface area contributed by atoms with Crippen LogP contribution in [0.2, 0.25) is 0 Å². The van der Waals surface area contributed by atoms with Crippen molar-refractivity contribution in [3.63, 3.8) is 0 Å². The van der Waals surface area contributed by atoms with E-state index in [0.29, 0.717) is 11.6 Å². The summed E-state index contributed by atoms with van der Waals surface area (Å²) < 4.78 is 5.15. The van der Waals surface area contributed by atoms with E-state index >= 15 is 0 Å². The Bertz CT molecular complexity index is 384. The van der Waals surface area contributed by atoms with Gasteiger partial charge < -0.3 is 10.1 Å². The van der Waals surface area contributed by atoms with Gasteiger partial charge in [-0.05, 0) is 51.5 Å². The summed E-state index contributed by atoms with van der Waals surface area (Å²) in [5.74, 6) is -0.263. The molecule has 0 saturated heterocycles. The third kappa shape index (κ3) is 5.77. The molecule has 0 saturated carbocycles. The topological polar surface area (TPSA) is 38.3 Å². The number of hydrogen-bond acceptors (Lipinski definition) is 3. The Balaban J connectivity index is 2.54. The number of unbranched alkanes of at least 4 members (excludes halogenated alkanes) is 1. The molecule has 3 heteroatoms. The van der Waals surface area contributed by atoms with E-state index in [2.05, 4.69) is 19.2 Å². The van der Waals surface area contributed by atoms with Gasteiger partial charge in [0.15, 0.2) is 0 Å². The summed E-state index contributed by atoms with van der Waals surface area (Å²) in [4.78, 5) is 11.7. The lowest BCUT2D eigenvalue weighted by Gasteiger charge is -2.15. The molecule has 0 radical (unpaired) electrons. The molecule has 1 atom stereocenters. The highest BCUT2D eigenvalue weighted by Gasteiger charge is 2.09. The molecule has 0 amide bonds. The van der Waals surface area contributed by atoms with Gasteiger partial charge in [-0.15, -0.1) is 0 Å². The highest BCUT2D eigenvalue weighted by molar-refractivity contribution is 5.89. The molecule has 0 spiro atoms. The maximum Gasteiger partial charge on any atom is 0.338 e. The Kier molecular flexibility index (Phi) is 6.40. The van der Waals surface area contributed by atoms with Gasteiger partial charge in [-0.2, -0.15) is 0 Å². The van der Waals surface area contributed by atoms with Gasteiger partial charge in [-0.25, -0.2) is 4.79 Å². The normalized spacial score (nSPS) is 12.3. The van der Waals surface area contributed by atoms with Gasteiger partial charge in [-0.3, -0.25) is 0 Å². The van der Waals surface area contributed by atoms with E-state index in [9.17, 15) is 4.79 Å². The summed E-state index contributed by atoms with van der Waals surface area (Å²) in [6.07, 6.45) is 3.52. The van der Waals surface area contributed by atoms with Gasteiger partial charge >= 0.3 is 5.97 Å². The van der Waals surface area contributed by atoms with Crippen molar-refractivity contribution in [2.45, 2.75) is 59.1 Å². The maximum absolute atomic E-state index is 11.7. The first-order chi connectivity index (χ1) is 9.02. The monoisotopic (exact) mass is 263 g/mol. The van der Waals surface area contributed by atoms with Gasteiger partial charge in [0.05, 0.1) is 11.7 Å². The van der Waals surface area contributed by atoms with Crippen LogP contribution in [0.5, 0.6) is 0 Å². The number of carbonyl (C=O) groups is 1. The Morgan fingerprint density at radius 1 is 1.21 bits per heavy atom. The highest BCUT2D eigenvalue weighted by atomic mass is 16.5. The molecule has 0 heterocycles. The average molecular weight is 263 g/mol. The van der Waals surface area contributed by atoms with E-state index in [4.69, 9.17) is 4.74 Å². The van der Waals surface area contributed by atoms with Crippen molar-refractivity contribution in [3.8, 4) is 0 Å². The standard InChI is InChI=1S/C16H25NO2/c1-5-6-7-13(4)17-15-10-8-14(9-11-15)16(18)19-12(2)3/h8-13,17H,5-7H2,1-4H3. The fourth-order valence-electron chi connectivity index (χ4n) is 1.85. The van der Waals surface area contributed by atoms with Crippen molar-refractivity contribution in [1.82, 2.24) is 0 Å². The lowest BCUT2D eigenvalue weighted by molar-refractivity contribution is 0.0378. The van der Waals surface area contributed by atoms with Crippen LogP contribution in [0, 0.1) is 0 Å². The average Bonchev–Trinajstić information content (AvgIpc) is 2.36. The number of ether oxygens (including phenoxy) is 1. The zero-order valence-electron chi connectivity index (χ0n) is 12.4. The van der Waals surface area contributed by atoms with Gasteiger partial charge in [-0.1, -0.05) is 19.8 Å². The van der Waals surface area contributed by atoms with E-state index in [1.165, 1.54) is 12.8 Å². The molecule has 0 bridgehead atoms. The third-order valence-electron chi connectivity index (χ3n) is 2.87.